The summed E-state index contributed by atoms with van der Waals surface area (Å²) in [6.45, 7) is 12.7. The molecule has 2 saturated heterocycles. The highest BCUT2D eigenvalue weighted by Crippen LogP contribution is 2.23. The zero-order chi connectivity index (χ0) is 17.1. The molecule has 5 nitrogen and oxygen atoms in total. The Morgan fingerprint density at radius 1 is 1.08 bits per heavy atom. The largest absolute Gasteiger partial charge is 0.370 e. The van der Waals surface area contributed by atoms with E-state index < -0.39 is 0 Å². The van der Waals surface area contributed by atoms with Crippen LogP contribution in [-0.4, -0.2) is 91.0 Å². The van der Waals surface area contributed by atoms with Crippen LogP contribution in [0.1, 0.15) is 33.1 Å². The van der Waals surface area contributed by atoms with Crippen molar-refractivity contribution in [3.05, 3.63) is 11.8 Å². The van der Waals surface area contributed by atoms with Gasteiger partial charge in [0, 0.05) is 58.3 Å². The minimum absolute atomic E-state index is 0.238. The summed E-state index contributed by atoms with van der Waals surface area (Å²) in [4.78, 5) is 22.2. The van der Waals surface area contributed by atoms with Crippen LogP contribution in [0.2, 0.25) is 0 Å². The minimum atomic E-state index is 0.238. The molecule has 1 amide bonds. The fourth-order valence-electron chi connectivity index (χ4n) is 4.28. The summed E-state index contributed by atoms with van der Waals surface area (Å²) >= 11 is 0. The summed E-state index contributed by atoms with van der Waals surface area (Å²) in [5.74, 6) is 0.742. The third kappa shape index (κ3) is 4.12. The number of hydrogen-bond donors (Lipinski definition) is 0. The van der Waals surface area contributed by atoms with Crippen molar-refractivity contribution >= 4 is 5.91 Å². The van der Waals surface area contributed by atoms with Crippen LogP contribution in [0, 0.1) is 5.92 Å². The van der Waals surface area contributed by atoms with E-state index in [1.54, 1.807) is 0 Å². The molecule has 0 aromatic rings. The van der Waals surface area contributed by atoms with Gasteiger partial charge >= 0.3 is 0 Å². The summed E-state index contributed by atoms with van der Waals surface area (Å²) in [6, 6.07) is 0.574. The molecule has 0 bridgehead atoms. The lowest BCUT2D eigenvalue weighted by Gasteiger charge is -2.37. The molecule has 3 aliphatic rings. The van der Waals surface area contributed by atoms with E-state index in [1.807, 2.05) is 4.90 Å². The fraction of sp³-hybridized carbons (Fsp3) is 0.842. The number of likely N-dealkylation sites (tertiary alicyclic amines) is 1. The Bertz CT molecular complexity index is 462. The number of rotatable bonds is 4. The van der Waals surface area contributed by atoms with Crippen LogP contribution in [0.3, 0.4) is 0 Å². The Morgan fingerprint density at radius 3 is 2.38 bits per heavy atom. The van der Waals surface area contributed by atoms with Crippen molar-refractivity contribution in [2.45, 2.75) is 39.2 Å². The van der Waals surface area contributed by atoms with Crippen LogP contribution >= 0.6 is 0 Å². The predicted octanol–water partition coefficient (Wildman–Crippen LogP) is 1.47. The first-order valence-corrected chi connectivity index (χ1v) is 9.73. The molecule has 24 heavy (non-hydrogen) atoms. The average Bonchev–Trinajstić information content (AvgIpc) is 2.95. The Kier molecular flexibility index (Phi) is 5.82. The van der Waals surface area contributed by atoms with Gasteiger partial charge in [0.1, 0.15) is 0 Å². The summed E-state index contributed by atoms with van der Waals surface area (Å²) in [5, 5.41) is 0. The number of piperazine rings is 1. The number of amides is 1. The van der Waals surface area contributed by atoms with Gasteiger partial charge in [-0.3, -0.25) is 9.69 Å². The first kappa shape index (κ1) is 17.7. The quantitative estimate of drug-likeness (QED) is 0.779. The van der Waals surface area contributed by atoms with Gasteiger partial charge in [-0.15, -0.1) is 0 Å². The Labute approximate surface area is 147 Å². The van der Waals surface area contributed by atoms with Crippen LogP contribution in [0.15, 0.2) is 11.8 Å². The molecule has 0 N–H and O–H groups in total. The average molecular weight is 335 g/mol. The molecule has 1 unspecified atom stereocenters. The topological polar surface area (TPSA) is 30.0 Å². The molecule has 1 atom stereocenters. The first-order chi connectivity index (χ1) is 11.5. The van der Waals surface area contributed by atoms with Crippen LogP contribution in [0.5, 0.6) is 0 Å². The number of carbonyl (C=O) groups is 1. The second-order valence-corrected chi connectivity index (χ2v) is 7.98. The normalized spacial score (nSPS) is 27.0. The molecule has 0 radical (unpaired) electrons. The molecule has 3 rings (SSSR count). The van der Waals surface area contributed by atoms with Gasteiger partial charge in [-0.2, -0.15) is 0 Å². The lowest BCUT2D eigenvalue weighted by atomic mass is 10.1. The number of carbonyl (C=O) groups excluding carboxylic acids is 1. The van der Waals surface area contributed by atoms with Gasteiger partial charge in [-0.25, -0.2) is 0 Å². The predicted molar refractivity (Wildman–Crippen MR) is 97.8 cm³/mol. The molecule has 0 aliphatic carbocycles. The first-order valence-electron chi connectivity index (χ1n) is 9.73. The van der Waals surface area contributed by atoms with Crippen LogP contribution in [0.4, 0.5) is 0 Å². The maximum atomic E-state index is 12.9. The van der Waals surface area contributed by atoms with Crippen molar-refractivity contribution in [3.8, 4) is 0 Å². The fourth-order valence-corrected chi connectivity index (χ4v) is 4.28. The molecule has 5 heteroatoms. The lowest BCUT2D eigenvalue weighted by Crippen LogP contribution is -2.51. The summed E-state index contributed by atoms with van der Waals surface area (Å²) in [7, 11) is 2.07. The monoisotopic (exact) mass is 334 g/mol. The van der Waals surface area contributed by atoms with E-state index in [0.717, 1.165) is 45.0 Å². The van der Waals surface area contributed by atoms with E-state index in [9.17, 15) is 4.79 Å². The van der Waals surface area contributed by atoms with Crippen molar-refractivity contribution in [1.29, 1.82) is 0 Å². The zero-order valence-corrected chi connectivity index (χ0v) is 15.7. The van der Waals surface area contributed by atoms with E-state index in [1.165, 1.54) is 32.4 Å². The van der Waals surface area contributed by atoms with Gasteiger partial charge in [-0.1, -0.05) is 6.42 Å². The van der Waals surface area contributed by atoms with Gasteiger partial charge in [0.05, 0.1) is 5.70 Å². The maximum absolute atomic E-state index is 12.9. The van der Waals surface area contributed by atoms with Crippen molar-refractivity contribution < 1.29 is 4.79 Å². The SMILES string of the molecule is CC(C)N1CCN(C(=O)C2=CC(CN3CCCCC3)CN2C)CC1. The molecule has 2 fully saturated rings. The lowest BCUT2D eigenvalue weighted by molar-refractivity contribution is -0.130. The van der Waals surface area contributed by atoms with Crippen molar-refractivity contribution in [2.24, 2.45) is 5.92 Å². The molecule has 0 spiro atoms. The smallest absolute Gasteiger partial charge is 0.269 e. The van der Waals surface area contributed by atoms with Crippen molar-refractivity contribution in [1.82, 2.24) is 19.6 Å². The number of hydrogen-bond acceptors (Lipinski definition) is 4. The van der Waals surface area contributed by atoms with Crippen molar-refractivity contribution in [2.75, 3.05) is 59.4 Å². The zero-order valence-electron chi connectivity index (χ0n) is 15.7. The van der Waals surface area contributed by atoms with Crippen molar-refractivity contribution in [3.63, 3.8) is 0 Å². The van der Waals surface area contributed by atoms with Gasteiger partial charge in [0.2, 0.25) is 0 Å². The molecule has 0 aromatic carbocycles. The molecule has 3 heterocycles. The molecule has 136 valence electrons. The third-order valence-electron chi connectivity index (χ3n) is 5.81. The molecular formula is C19H34N4O. The summed E-state index contributed by atoms with van der Waals surface area (Å²) in [6.07, 6.45) is 6.28. The highest BCUT2D eigenvalue weighted by atomic mass is 16.2. The highest BCUT2D eigenvalue weighted by molar-refractivity contribution is 5.93. The number of likely N-dealkylation sites (N-methyl/N-ethyl adjacent to an activating group) is 1. The Hall–Kier alpha value is -1.07. The maximum Gasteiger partial charge on any atom is 0.269 e. The molecular weight excluding hydrogens is 300 g/mol. The van der Waals surface area contributed by atoms with E-state index in [0.29, 0.717) is 12.0 Å². The van der Waals surface area contributed by atoms with Gasteiger partial charge in [-0.05, 0) is 45.9 Å². The standard InChI is InChI=1S/C19H34N4O/c1-16(2)22-9-11-23(12-10-22)19(24)18-13-17(14-20(18)3)15-21-7-5-4-6-8-21/h13,16-17H,4-12,14-15H2,1-3H3. The van der Waals surface area contributed by atoms with Crippen LogP contribution in [0.25, 0.3) is 0 Å². The Balaban J connectivity index is 1.55. The van der Waals surface area contributed by atoms with Gasteiger partial charge in [0.25, 0.3) is 5.91 Å². The van der Waals surface area contributed by atoms with Gasteiger partial charge < -0.3 is 14.7 Å². The molecule has 3 aliphatic heterocycles. The minimum Gasteiger partial charge on any atom is -0.370 e. The second kappa shape index (κ2) is 7.87. The highest BCUT2D eigenvalue weighted by Gasteiger charge is 2.31. The van der Waals surface area contributed by atoms with E-state index in [-0.39, 0.29) is 5.91 Å². The second-order valence-electron chi connectivity index (χ2n) is 7.98. The van der Waals surface area contributed by atoms with E-state index in [4.69, 9.17) is 0 Å². The summed E-state index contributed by atoms with van der Waals surface area (Å²) < 4.78 is 0. The Morgan fingerprint density at radius 2 is 1.75 bits per heavy atom. The molecule has 0 saturated carbocycles. The van der Waals surface area contributed by atoms with E-state index in [2.05, 4.69) is 41.7 Å². The number of nitrogens with zero attached hydrogens (tertiary/aromatic N) is 4. The molecule has 0 aromatic heterocycles. The van der Waals surface area contributed by atoms with Gasteiger partial charge in [0.15, 0.2) is 0 Å². The van der Waals surface area contributed by atoms with Crippen LogP contribution in [-0.2, 0) is 4.79 Å². The third-order valence-corrected chi connectivity index (χ3v) is 5.81. The number of piperidine rings is 1. The van der Waals surface area contributed by atoms with Crippen LogP contribution < -0.4 is 0 Å². The summed E-state index contributed by atoms with van der Waals surface area (Å²) in [5.41, 5.74) is 0.926. The van der Waals surface area contributed by atoms with E-state index >= 15 is 0 Å².